The van der Waals surface area contributed by atoms with Gasteiger partial charge in [0.25, 0.3) is 5.56 Å². The molecule has 3 N–H and O–H groups in total. The second-order valence-corrected chi connectivity index (χ2v) is 2.99. The van der Waals surface area contributed by atoms with E-state index in [-0.39, 0.29) is 10.8 Å². The van der Waals surface area contributed by atoms with Gasteiger partial charge in [0.15, 0.2) is 0 Å². The van der Waals surface area contributed by atoms with Crippen LogP contribution in [0.1, 0.15) is 0 Å². The Hall–Kier alpha value is -1.55. The summed E-state index contributed by atoms with van der Waals surface area (Å²) in [7, 11) is 0. The molecule has 0 aliphatic carbocycles. The standard InChI is InChI=1S/C8H6ClN3O/c9-8-11-6-2-1-4(10)3-5(6)7(13)12-8/h1-3H,10H2,(H,11,12,13). The predicted molar refractivity (Wildman–Crippen MR) is 51.8 cm³/mol. The van der Waals surface area contributed by atoms with Crippen LogP contribution in [-0.4, -0.2) is 9.97 Å². The Labute approximate surface area is 78.4 Å². The molecule has 13 heavy (non-hydrogen) atoms. The molecule has 0 aliphatic rings. The van der Waals surface area contributed by atoms with E-state index < -0.39 is 0 Å². The van der Waals surface area contributed by atoms with Crippen molar-refractivity contribution in [2.24, 2.45) is 0 Å². The number of fused-ring (bicyclic) bond motifs is 1. The molecule has 2 rings (SSSR count). The van der Waals surface area contributed by atoms with Crippen LogP contribution in [0.15, 0.2) is 23.0 Å². The zero-order valence-corrected chi connectivity index (χ0v) is 7.30. The molecule has 0 unspecified atom stereocenters. The molecule has 1 heterocycles. The molecule has 0 spiro atoms. The third-order valence-corrected chi connectivity index (χ3v) is 1.88. The third-order valence-electron chi connectivity index (χ3n) is 1.70. The second-order valence-electron chi connectivity index (χ2n) is 2.63. The monoisotopic (exact) mass is 195 g/mol. The van der Waals surface area contributed by atoms with Gasteiger partial charge in [-0.25, -0.2) is 4.98 Å². The average Bonchev–Trinajstić information content (AvgIpc) is 2.06. The van der Waals surface area contributed by atoms with Gasteiger partial charge in [-0.05, 0) is 29.8 Å². The summed E-state index contributed by atoms with van der Waals surface area (Å²) in [5.74, 6) is 0. The van der Waals surface area contributed by atoms with Gasteiger partial charge < -0.3 is 5.73 Å². The van der Waals surface area contributed by atoms with E-state index in [2.05, 4.69) is 9.97 Å². The molecule has 0 amide bonds. The average molecular weight is 196 g/mol. The first-order valence-electron chi connectivity index (χ1n) is 3.62. The Kier molecular flexibility index (Phi) is 1.70. The fourth-order valence-electron chi connectivity index (χ4n) is 1.13. The summed E-state index contributed by atoms with van der Waals surface area (Å²) in [5.41, 5.74) is 6.32. The number of aromatic amines is 1. The summed E-state index contributed by atoms with van der Waals surface area (Å²) in [5, 5.41) is 0.534. The number of hydrogen-bond acceptors (Lipinski definition) is 3. The van der Waals surface area contributed by atoms with Gasteiger partial charge >= 0.3 is 0 Å². The maximum Gasteiger partial charge on any atom is 0.259 e. The minimum Gasteiger partial charge on any atom is -0.399 e. The van der Waals surface area contributed by atoms with E-state index in [1.807, 2.05) is 0 Å². The molecular formula is C8H6ClN3O. The van der Waals surface area contributed by atoms with Crippen LogP contribution in [0, 0.1) is 0 Å². The molecule has 66 valence electrons. The molecule has 5 heteroatoms. The van der Waals surface area contributed by atoms with E-state index in [1.54, 1.807) is 18.2 Å². The van der Waals surface area contributed by atoms with Gasteiger partial charge in [-0.2, -0.15) is 0 Å². The number of nitrogens with two attached hydrogens (primary N) is 1. The van der Waals surface area contributed by atoms with E-state index >= 15 is 0 Å². The molecule has 1 aromatic carbocycles. The topological polar surface area (TPSA) is 71.8 Å². The number of nitrogens with one attached hydrogen (secondary N) is 1. The first-order chi connectivity index (χ1) is 6.16. The predicted octanol–water partition coefficient (Wildman–Crippen LogP) is 1.16. The highest BCUT2D eigenvalue weighted by atomic mass is 35.5. The molecule has 0 radical (unpaired) electrons. The largest absolute Gasteiger partial charge is 0.399 e. The van der Waals surface area contributed by atoms with Gasteiger partial charge in [0.1, 0.15) is 0 Å². The third kappa shape index (κ3) is 1.36. The Bertz CT molecular complexity index is 520. The van der Waals surface area contributed by atoms with Crippen LogP contribution in [0.4, 0.5) is 5.69 Å². The Morgan fingerprint density at radius 1 is 1.46 bits per heavy atom. The zero-order chi connectivity index (χ0) is 9.42. The van der Waals surface area contributed by atoms with Crippen LogP contribution in [-0.2, 0) is 0 Å². The lowest BCUT2D eigenvalue weighted by Crippen LogP contribution is -2.07. The lowest BCUT2D eigenvalue weighted by atomic mass is 10.2. The molecule has 0 aliphatic heterocycles. The molecule has 1 aromatic heterocycles. The van der Waals surface area contributed by atoms with Crippen LogP contribution in [0.2, 0.25) is 5.28 Å². The van der Waals surface area contributed by atoms with E-state index in [0.717, 1.165) is 0 Å². The summed E-state index contributed by atoms with van der Waals surface area (Å²) >= 11 is 5.57. The van der Waals surface area contributed by atoms with Crippen LogP contribution >= 0.6 is 11.6 Å². The van der Waals surface area contributed by atoms with E-state index in [0.29, 0.717) is 16.6 Å². The Balaban J connectivity index is 2.95. The van der Waals surface area contributed by atoms with Gasteiger partial charge in [-0.1, -0.05) is 0 Å². The van der Waals surface area contributed by atoms with E-state index in [4.69, 9.17) is 17.3 Å². The van der Waals surface area contributed by atoms with Crippen molar-refractivity contribution in [3.63, 3.8) is 0 Å². The lowest BCUT2D eigenvalue weighted by molar-refractivity contribution is 1.17. The fraction of sp³-hybridized carbons (Fsp3) is 0. The lowest BCUT2D eigenvalue weighted by Gasteiger charge is -1.97. The smallest absolute Gasteiger partial charge is 0.259 e. The molecule has 0 fully saturated rings. The van der Waals surface area contributed by atoms with Crippen molar-refractivity contribution in [1.82, 2.24) is 9.97 Å². The van der Waals surface area contributed by atoms with Crippen molar-refractivity contribution in [3.8, 4) is 0 Å². The van der Waals surface area contributed by atoms with Gasteiger partial charge in [0, 0.05) is 5.69 Å². The van der Waals surface area contributed by atoms with Gasteiger partial charge in [-0.3, -0.25) is 9.78 Å². The number of hydrogen-bond donors (Lipinski definition) is 2. The Morgan fingerprint density at radius 2 is 2.23 bits per heavy atom. The van der Waals surface area contributed by atoms with Crippen molar-refractivity contribution < 1.29 is 0 Å². The van der Waals surface area contributed by atoms with Gasteiger partial charge in [0.05, 0.1) is 10.9 Å². The summed E-state index contributed by atoms with van der Waals surface area (Å²) < 4.78 is 0. The normalized spacial score (nSPS) is 10.5. The second kappa shape index (κ2) is 2.74. The highest BCUT2D eigenvalue weighted by Crippen LogP contribution is 2.12. The van der Waals surface area contributed by atoms with Crippen molar-refractivity contribution >= 4 is 28.2 Å². The SMILES string of the molecule is Nc1ccc2nc(Cl)[nH]c(=O)c2c1. The maximum absolute atomic E-state index is 11.3. The summed E-state index contributed by atoms with van der Waals surface area (Å²) in [6, 6.07) is 4.90. The van der Waals surface area contributed by atoms with Gasteiger partial charge in [-0.15, -0.1) is 0 Å². The zero-order valence-electron chi connectivity index (χ0n) is 6.54. The highest BCUT2D eigenvalue weighted by molar-refractivity contribution is 6.28. The van der Waals surface area contributed by atoms with Crippen molar-refractivity contribution in [3.05, 3.63) is 33.8 Å². The highest BCUT2D eigenvalue weighted by Gasteiger charge is 2.01. The number of anilines is 1. The van der Waals surface area contributed by atoms with Crippen molar-refractivity contribution in [2.45, 2.75) is 0 Å². The minimum absolute atomic E-state index is 0.0854. The number of benzene rings is 1. The maximum atomic E-state index is 11.3. The van der Waals surface area contributed by atoms with Crippen LogP contribution < -0.4 is 11.3 Å². The quantitative estimate of drug-likeness (QED) is 0.490. The molecule has 0 atom stereocenters. The minimum atomic E-state index is -0.276. The van der Waals surface area contributed by atoms with E-state index in [1.165, 1.54) is 0 Å². The molecule has 4 nitrogen and oxygen atoms in total. The number of aromatic nitrogens is 2. The number of halogens is 1. The summed E-state index contributed by atoms with van der Waals surface area (Å²) in [6.07, 6.45) is 0. The molecular weight excluding hydrogens is 190 g/mol. The molecule has 2 aromatic rings. The first kappa shape index (κ1) is 8.07. The number of nitrogens with zero attached hydrogens (tertiary/aromatic N) is 1. The molecule has 0 bridgehead atoms. The van der Waals surface area contributed by atoms with E-state index in [9.17, 15) is 4.79 Å². The van der Waals surface area contributed by atoms with Crippen molar-refractivity contribution in [1.29, 1.82) is 0 Å². The molecule has 0 saturated heterocycles. The van der Waals surface area contributed by atoms with Crippen molar-refractivity contribution in [2.75, 3.05) is 5.73 Å². The fourth-order valence-corrected chi connectivity index (χ4v) is 1.30. The Morgan fingerprint density at radius 3 is 3.00 bits per heavy atom. The number of nitrogen functional groups attached to an aromatic ring is 1. The summed E-state index contributed by atoms with van der Waals surface area (Å²) in [6.45, 7) is 0. The van der Waals surface area contributed by atoms with Crippen LogP contribution in [0.3, 0.4) is 0 Å². The summed E-state index contributed by atoms with van der Waals surface area (Å²) in [4.78, 5) is 17.6. The first-order valence-corrected chi connectivity index (χ1v) is 3.99. The van der Waals surface area contributed by atoms with Crippen LogP contribution in [0.25, 0.3) is 10.9 Å². The van der Waals surface area contributed by atoms with Gasteiger partial charge in [0.2, 0.25) is 5.28 Å². The number of H-pyrrole nitrogens is 1. The number of rotatable bonds is 0. The van der Waals surface area contributed by atoms with Crippen LogP contribution in [0.5, 0.6) is 0 Å². The molecule has 0 saturated carbocycles.